The van der Waals surface area contributed by atoms with Gasteiger partial charge in [0.2, 0.25) is 35.4 Å². The third-order valence-electron chi connectivity index (χ3n) is 16.9. The molecular weight excluding hydrogens is 1520 g/mol. The molecule has 0 saturated carbocycles. The van der Waals surface area contributed by atoms with Crippen LogP contribution in [0.4, 0.5) is 0 Å². The molecule has 9 rings (SSSR count). The molecule has 0 aromatic heterocycles. The van der Waals surface area contributed by atoms with E-state index in [0.717, 1.165) is 0 Å². The summed E-state index contributed by atoms with van der Waals surface area (Å²) in [5.74, 6) is -13.0. The number of nitrogens with zero attached hydrogens (tertiary/aromatic N) is 6. The smallest absolute Gasteiger partial charge is 0.550 e. The van der Waals surface area contributed by atoms with Crippen LogP contribution in [-0.4, -0.2) is 192 Å². The maximum Gasteiger partial charge on any atom is 1.00 e. The topological polar surface area (TPSA) is 492 Å². The monoisotopic (exact) mass is 1590 g/mol. The van der Waals surface area contributed by atoms with Crippen LogP contribution in [0.5, 0.6) is 0 Å². The van der Waals surface area contributed by atoms with Gasteiger partial charge in [-0.25, -0.2) is 30.0 Å². The maximum absolute atomic E-state index is 12.3. The summed E-state index contributed by atoms with van der Waals surface area (Å²) >= 11 is 0. The number of hydrogen-bond acceptors (Lipinski definition) is 24. The van der Waals surface area contributed by atoms with Gasteiger partial charge in [0.25, 0.3) is 0 Å². The molecule has 556 valence electrons. The second-order valence-corrected chi connectivity index (χ2v) is 24.6. The van der Waals surface area contributed by atoms with Crippen LogP contribution < -0.4 is 208 Å². The maximum atomic E-state index is 12.3. The molecule has 1 heterocycles. The van der Waals surface area contributed by atoms with Crippen molar-refractivity contribution in [2.75, 3.05) is 79.3 Å². The first-order valence-corrected chi connectivity index (χ1v) is 33.2. The molecule has 8 aromatic rings. The normalized spacial score (nSPS) is 12.8. The zero-order valence-electron chi connectivity index (χ0n) is 63.0. The van der Waals surface area contributed by atoms with Crippen molar-refractivity contribution in [1.29, 1.82) is 0 Å². The van der Waals surface area contributed by atoms with Crippen LogP contribution in [0.1, 0.15) is 94.2 Å². The van der Waals surface area contributed by atoms with Gasteiger partial charge in [-0.15, -0.1) is 0 Å². The Hall–Kier alpha value is -5.80. The van der Waals surface area contributed by atoms with Crippen LogP contribution in [0.3, 0.4) is 0 Å². The Morgan fingerprint density at radius 2 is 0.482 bits per heavy atom. The minimum atomic E-state index is -1.89. The Balaban J connectivity index is 0.00000541. The summed E-state index contributed by atoms with van der Waals surface area (Å²) in [6.07, 6.45) is -3.52. The van der Waals surface area contributed by atoms with Crippen molar-refractivity contribution in [2.24, 2.45) is 30.0 Å². The van der Waals surface area contributed by atoms with E-state index in [9.17, 15) is 90.0 Å². The molecule has 1 aliphatic rings. The van der Waals surface area contributed by atoms with Gasteiger partial charge in [0.1, 0.15) is 11.1 Å². The average Bonchev–Trinajstić information content (AvgIpc) is 0.757. The van der Waals surface area contributed by atoms with Crippen LogP contribution in [-0.2, 0) is 83.4 Å². The molecule has 0 atom stereocenters. The molecule has 0 unspecified atom stereocenters. The molecule has 112 heavy (non-hydrogen) atoms. The molecule has 8 aromatic carbocycles. The number of aliphatic hydroxyl groups is 6. The molecule has 0 saturated heterocycles. The number of fused-ring (bicyclic) bond motifs is 10. The molecule has 8 bridgehead atoms. The Morgan fingerprint density at radius 3 is 0.643 bits per heavy atom. The van der Waals surface area contributed by atoms with Gasteiger partial charge in [0, 0.05) is 108 Å². The number of hydrogen-bond donors (Lipinski definition) is 6. The summed E-state index contributed by atoms with van der Waals surface area (Å²) in [5.41, 5.74) is -2.24. The quantitative estimate of drug-likeness (QED) is 0.00717. The van der Waals surface area contributed by atoms with Gasteiger partial charge < -0.3 is 118 Å². The van der Waals surface area contributed by atoms with Crippen LogP contribution in [0.2, 0.25) is 0 Å². The number of carboxylic acids is 6. The van der Waals surface area contributed by atoms with E-state index in [1.165, 1.54) is 36.4 Å². The number of benzene rings is 8. The molecule has 6 N–H and O–H groups in total. The van der Waals surface area contributed by atoms with Crippen molar-refractivity contribution >= 4 is 114 Å². The van der Waals surface area contributed by atoms with Crippen molar-refractivity contribution < 1.29 is 296 Å². The van der Waals surface area contributed by atoms with E-state index >= 15 is 0 Å². The van der Waals surface area contributed by atoms with Crippen LogP contribution in [0, 0.1) is 0 Å². The SMILES string of the molecule is O=C([O-])CCOCC(COCCC(=O)[O-])(COCCC(=O)[O-])N=C(O)c1cc2cc(c1)C(O)=NCc1c3ccccc3c(c3ccccc13)CN=C(O)c1cc(cc(C(O)=NC(COCCC(=O)[O-])(COCCC(=O)[O-])COCCC(=O)[O-])c1)C(O)=NCc1c3ccccc3c(c3ccccc13)CN=C2O.[Na+].[Na+].[Na+].[Na+].[Na+].[Na+]. The summed E-state index contributed by atoms with van der Waals surface area (Å²) in [7, 11) is 0. The third kappa shape index (κ3) is 28.8. The minimum Gasteiger partial charge on any atom is -0.550 e. The van der Waals surface area contributed by atoms with Gasteiger partial charge in [-0.05, 0) is 102 Å². The Kier molecular flexibility index (Phi) is 44.2. The first kappa shape index (κ1) is 100. The van der Waals surface area contributed by atoms with Crippen LogP contribution >= 0.6 is 0 Å². The Bertz CT molecular complexity index is 4090. The largest absolute Gasteiger partial charge is 1.00 e. The number of carboxylic acid groups (broad SMARTS) is 6. The minimum absolute atomic E-state index is 0. The van der Waals surface area contributed by atoms with Gasteiger partial charge in [0.15, 0.2) is 0 Å². The number of aliphatic hydroxyl groups excluding tert-OH is 6. The third-order valence-corrected chi connectivity index (χ3v) is 16.9. The first-order chi connectivity index (χ1) is 50.9. The second kappa shape index (κ2) is 49.3. The van der Waals surface area contributed by atoms with E-state index in [2.05, 4.69) is 30.0 Å². The molecule has 30 nitrogen and oxygen atoms in total. The van der Waals surface area contributed by atoms with E-state index in [4.69, 9.17) is 28.4 Å². The van der Waals surface area contributed by atoms with E-state index < -0.39 is 200 Å². The molecule has 36 heteroatoms. The van der Waals surface area contributed by atoms with Gasteiger partial charge in [-0.2, -0.15) is 0 Å². The fourth-order valence-corrected chi connectivity index (χ4v) is 11.8. The zero-order chi connectivity index (χ0) is 75.9. The average molecular weight is 1590 g/mol. The van der Waals surface area contributed by atoms with E-state index in [1.807, 2.05) is 48.5 Å². The fraction of sp³-hybridized carbons (Fsp3) is 0.316. The summed E-state index contributed by atoms with van der Waals surface area (Å²) < 4.78 is 34.1. The van der Waals surface area contributed by atoms with Gasteiger partial charge in [0.05, 0.1) is 105 Å². The summed E-state index contributed by atoms with van der Waals surface area (Å²) in [4.78, 5) is 96.4. The van der Waals surface area contributed by atoms with Gasteiger partial charge in [-0.3, -0.25) is 0 Å². The zero-order valence-corrected chi connectivity index (χ0v) is 75.0. The van der Waals surface area contributed by atoms with E-state index in [-0.39, 0.29) is 237 Å². The van der Waals surface area contributed by atoms with Gasteiger partial charge in [-0.1, -0.05) is 97.1 Å². The van der Waals surface area contributed by atoms with Crippen molar-refractivity contribution in [2.45, 2.75) is 75.8 Å². The van der Waals surface area contributed by atoms with Crippen LogP contribution in [0.25, 0.3) is 43.1 Å². The van der Waals surface area contributed by atoms with Gasteiger partial charge >= 0.3 is 177 Å². The predicted octanol–water partition coefficient (Wildman–Crippen LogP) is -16.3. The molecule has 0 amide bonds. The standard InChI is InChI=1S/C76H78N6O24.6Na/c83-63(84)17-23-101-39-75(40-102-24-18-64(85)86,41-103-25-19-65(87)88)81-73(99)49-31-45-29-47(33-49)71(97)79-37-61-55-13-5-7-15-57(55)62(58-16-8-6-14-56(58)61)38-80-72(98)48-30-46(70(96)78-36-60-52-10-2-1-9-51(52)59(35-77-69(45)95)53-11-3-4-12-54(53)60)32-50(34-48)74(100)82-76(42-104-26-20-66(89)90,43-105-27-21-67(91)92)44-106-28-22-68(93)94;;;;;;/h1-16,29-34H,17-28,35-44H2,(H,77,95)(H,78,96)(H,79,97)(H,80,98)(H,81,99)(H,82,100)(H,83,84)(H,85,86)(H,87,88)(H,89,90)(H,91,92)(H,93,94);;;;;;/q;6*+1/p-6. The van der Waals surface area contributed by atoms with Crippen molar-refractivity contribution in [3.63, 3.8) is 0 Å². The van der Waals surface area contributed by atoms with E-state index in [1.54, 1.807) is 48.5 Å². The predicted molar refractivity (Wildman–Crippen MR) is 374 cm³/mol. The molecular formula is C76H72N6Na6O24. The first-order valence-electron chi connectivity index (χ1n) is 33.2. The number of aliphatic imine (C=N–C) groups is 6. The number of rotatable bonds is 34. The summed E-state index contributed by atoms with van der Waals surface area (Å²) in [6, 6.07) is 36.5. The number of carbonyl (C=O) groups excluding carboxylic acids is 6. The molecule has 1 aliphatic heterocycles. The van der Waals surface area contributed by atoms with Crippen molar-refractivity contribution in [3.8, 4) is 0 Å². The van der Waals surface area contributed by atoms with Crippen molar-refractivity contribution in [3.05, 3.63) is 189 Å². The number of ether oxygens (including phenoxy) is 6. The summed E-state index contributed by atoms with van der Waals surface area (Å²) in [6.45, 7) is -7.02. The van der Waals surface area contributed by atoms with E-state index in [0.29, 0.717) is 65.3 Å². The fourth-order valence-electron chi connectivity index (χ4n) is 11.8. The molecule has 0 spiro atoms. The van der Waals surface area contributed by atoms with Crippen molar-refractivity contribution in [1.82, 2.24) is 0 Å². The molecule has 0 radical (unpaired) electrons. The molecule has 0 aliphatic carbocycles. The van der Waals surface area contributed by atoms with Crippen LogP contribution in [0.15, 0.2) is 163 Å². The second-order valence-electron chi connectivity index (χ2n) is 24.6. The number of aliphatic carboxylic acids is 6. The Labute approximate surface area is 774 Å². The summed E-state index contributed by atoms with van der Waals surface area (Å²) in [5, 5.41) is 147. The Morgan fingerprint density at radius 1 is 0.312 bits per heavy atom. The molecule has 0 fully saturated rings. The number of carbonyl (C=O) groups is 6.